The number of rotatable bonds is 1. The van der Waals surface area contributed by atoms with Crippen molar-refractivity contribution < 1.29 is 65.7 Å². The molecule has 9 N–H and O–H groups in total. The van der Waals surface area contributed by atoms with E-state index in [0.29, 0.717) is 0 Å². The molecule has 0 amide bonds. The minimum absolute atomic E-state index is 0.0578. The third-order valence-electron chi connectivity index (χ3n) is 14.6. The molecule has 5 saturated heterocycles. The maximum absolute atomic E-state index is 15.9. The summed E-state index contributed by atoms with van der Waals surface area (Å²) in [6.07, 6.45) is -45.4. The van der Waals surface area contributed by atoms with Gasteiger partial charge in [0.05, 0.1) is 54.6 Å². The zero-order chi connectivity index (χ0) is 40.0. The molecule has 0 aromatic carbocycles. The van der Waals surface area contributed by atoms with Crippen molar-refractivity contribution in [2.24, 2.45) is 47.3 Å². The Morgan fingerprint density at radius 2 is 0.571 bits per heavy atom. The van der Waals surface area contributed by atoms with Crippen LogP contribution < -0.4 is 42.5 Å². The molecule has 320 valence electrons. The smallest absolute Gasteiger partial charge is 0.268 e. The van der Waals surface area contributed by atoms with Crippen LogP contribution in [0.5, 0.6) is 0 Å². The fourth-order valence-electron chi connectivity index (χ4n) is 12.2. The van der Waals surface area contributed by atoms with E-state index in [1.54, 1.807) is 0 Å². The summed E-state index contributed by atoms with van der Waals surface area (Å²) in [6, 6.07) is 0. The van der Waals surface area contributed by atoms with Crippen LogP contribution in [0.2, 0.25) is 0 Å². The van der Waals surface area contributed by atoms with Crippen LogP contribution in [0.4, 0.5) is 52.7 Å². The Kier molecular flexibility index (Phi) is 10.2. The van der Waals surface area contributed by atoms with Crippen molar-refractivity contribution in [3.63, 3.8) is 0 Å². The molecule has 9 aliphatic rings. The monoisotopic (exact) mass is 848 g/mol. The van der Waals surface area contributed by atoms with Crippen LogP contribution >= 0.6 is 0 Å². The first-order valence-corrected chi connectivity index (χ1v) is 20.6. The zero-order valence-electron chi connectivity index (χ0n) is 29.1. The lowest BCUT2D eigenvalue weighted by atomic mass is 9.72. The molecule has 8 bridgehead atoms. The van der Waals surface area contributed by atoms with E-state index in [1.165, 1.54) is 0 Å². The van der Waals surface area contributed by atoms with Gasteiger partial charge in [0.2, 0.25) is 0 Å². The van der Waals surface area contributed by atoms with Crippen LogP contribution in [0, 0.1) is 47.3 Å². The summed E-state index contributed by atoms with van der Waals surface area (Å²) < 4.78 is 221. The largest absolute Gasteiger partial charge is 0.286 e. The molecular formula is C32H44F12N8O3S. The van der Waals surface area contributed by atoms with Crippen molar-refractivity contribution in [1.82, 2.24) is 42.5 Å². The SMILES string of the molecule is O=S(=O)(O)C1CCCC2C3NC4NC(NC5NC(NC6NC(NC(N3)C21)C1C(F)C(F)C(F)C(F)C61)C1C(F)C(F)C(F)C(F)C51)C1C(F)C(F)C(F)C(F)C41. The molecule has 29 unspecified atom stereocenters. The Labute approximate surface area is 313 Å². The first-order valence-electron chi connectivity index (χ1n) is 19.1. The summed E-state index contributed by atoms with van der Waals surface area (Å²) in [4.78, 5) is 0. The van der Waals surface area contributed by atoms with E-state index >= 15 is 48.3 Å². The molecule has 4 saturated carbocycles. The molecule has 29 atom stereocenters. The van der Waals surface area contributed by atoms with Crippen molar-refractivity contribution in [1.29, 1.82) is 0 Å². The highest BCUT2D eigenvalue weighted by molar-refractivity contribution is 7.86. The standard InChI is InChI=1S/C32H44F12N8O3S/c33-13-7-8(14(34)20(40)19(13)39)29-48-27(7)46-25-4-2-1-3-5(56(53,54)55)6(4)26(45-25)47-28-9-10(16(36)22(42)21(41)15(9)35)30(49-28)51-32-12-11(31(50-29)52-32)17(37)23(43)24(44)18(12)38/h4-32,45-52H,1-3H2,(H,53,54,55). The molecule has 0 radical (unpaired) electrons. The van der Waals surface area contributed by atoms with Crippen LogP contribution in [-0.4, -0.2) is 142 Å². The Hall–Kier alpha value is -1.25. The Morgan fingerprint density at radius 1 is 0.339 bits per heavy atom. The van der Waals surface area contributed by atoms with Gasteiger partial charge in [0.1, 0.15) is 37.0 Å². The van der Waals surface area contributed by atoms with E-state index in [0.717, 1.165) is 0 Å². The molecule has 11 nitrogen and oxygen atoms in total. The average molecular weight is 849 g/mol. The van der Waals surface area contributed by atoms with E-state index in [1.807, 2.05) is 0 Å². The number of hydrogen-bond donors (Lipinski definition) is 9. The molecule has 4 aliphatic carbocycles. The van der Waals surface area contributed by atoms with Gasteiger partial charge in [0, 0.05) is 41.4 Å². The second-order valence-corrected chi connectivity index (χ2v) is 18.8. The highest BCUT2D eigenvalue weighted by Gasteiger charge is 2.68. The van der Waals surface area contributed by atoms with Crippen LogP contribution in [0.25, 0.3) is 0 Å². The molecule has 9 fully saturated rings. The molecule has 5 aliphatic heterocycles. The molecule has 9 rings (SSSR count). The summed E-state index contributed by atoms with van der Waals surface area (Å²) in [5.41, 5.74) is 0. The molecular weight excluding hydrogens is 804 g/mol. The number of fused-ring (bicyclic) bond motifs is 20. The number of halogens is 12. The van der Waals surface area contributed by atoms with E-state index in [9.17, 15) is 17.4 Å². The summed E-state index contributed by atoms with van der Waals surface area (Å²) in [7, 11) is -4.81. The lowest BCUT2D eigenvalue weighted by Gasteiger charge is -2.42. The maximum atomic E-state index is 15.9. The summed E-state index contributed by atoms with van der Waals surface area (Å²) >= 11 is 0. The lowest BCUT2D eigenvalue weighted by Crippen LogP contribution is -2.62. The second-order valence-electron chi connectivity index (χ2n) is 17.2. The van der Waals surface area contributed by atoms with Crippen LogP contribution in [-0.2, 0) is 10.1 Å². The fraction of sp³-hybridized carbons (Fsp3) is 1.00. The molecule has 5 heterocycles. The van der Waals surface area contributed by atoms with Gasteiger partial charge in [-0.25, -0.2) is 52.7 Å². The maximum Gasteiger partial charge on any atom is 0.268 e. The van der Waals surface area contributed by atoms with Gasteiger partial charge in [-0.1, -0.05) is 6.42 Å². The van der Waals surface area contributed by atoms with Crippen molar-refractivity contribution in [2.45, 2.75) is 148 Å². The Bertz CT molecular complexity index is 1610. The lowest BCUT2D eigenvalue weighted by molar-refractivity contribution is -0.0896. The van der Waals surface area contributed by atoms with Gasteiger partial charge in [-0.15, -0.1) is 0 Å². The first kappa shape index (κ1) is 40.2. The molecule has 24 heteroatoms. The van der Waals surface area contributed by atoms with Gasteiger partial charge in [0.25, 0.3) is 10.1 Å². The number of nitrogens with one attached hydrogen (secondary N) is 8. The Morgan fingerprint density at radius 3 is 0.821 bits per heavy atom. The van der Waals surface area contributed by atoms with Crippen molar-refractivity contribution in [3.05, 3.63) is 0 Å². The van der Waals surface area contributed by atoms with E-state index in [-0.39, 0.29) is 19.3 Å². The van der Waals surface area contributed by atoms with Crippen LogP contribution in [0.15, 0.2) is 0 Å². The van der Waals surface area contributed by atoms with Gasteiger partial charge in [0.15, 0.2) is 37.0 Å². The number of alkyl halides is 12. The topological polar surface area (TPSA) is 151 Å². The summed E-state index contributed by atoms with van der Waals surface area (Å²) in [6.45, 7) is 0. The highest BCUT2D eigenvalue weighted by atomic mass is 32.2. The summed E-state index contributed by atoms with van der Waals surface area (Å²) in [5.74, 6) is -12.5. The first-order chi connectivity index (χ1) is 26.4. The minimum atomic E-state index is -4.81. The molecule has 0 spiro atoms. The van der Waals surface area contributed by atoms with Crippen molar-refractivity contribution in [2.75, 3.05) is 0 Å². The van der Waals surface area contributed by atoms with E-state index in [4.69, 9.17) is 0 Å². The van der Waals surface area contributed by atoms with Crippen molar-refractivity contribution in [3.8, 4) is 0 Å². The van der Waals surface area contributed by atoms with Crippen molar-refractivity contribution >= 4 is 10.1 Å². The molecule has 56 heavy (non-hydrogen) atoms. The molecule has 0 aromatic heterocycles. The third-order valence-corrected chi connectivity index (χ3v) is 15.9. The van der Waals surface area contributed by atoms with Gasteiger partial charge in [-0.2, -0.15) is 8.42 Å². The Balaban J connectivity index is 1.15. The van der Waals surface area contributed by atoms with E-state index in [2.05, 4.69) is 42.5 Å². The molecule has 0 aromatic rings. The fourth-order valence-corrected chi connectivity index (χ4v) is 13.4. The predicted octanol–water partition coefficient (Wildman–Crippen LogP) is 0.848. The quantitative estimate of drug-likeness (QED) is 0.137. The third kappa shape index (κ3) is 5.90. The van der Waals surface area contributed by atoms with Crippen LogP contribution in [0.1, 0.15) is 19.3 Å². The average Bonchev–Trinajstić information content (AvgIpc) is 3.90. The van der Waals surface area contributed by atoms with Gasteiger partial charge >= 0.3 is 0 Å². The van der Waals surface area contributed by atoms with E-state index < -0.39 is 186 Å². The van der Waals surface area contributed by atoms with Gasteiger partial charge in [-0.3, -0.25) is 47.1 Å². The van der Waals surface area contributed by atoms with Gasteiger partial charge in [-0.05, 0) is 18.8 Å². The van der Waals surface area contributed by atoms with Gasteiger partial charge < -0.3 is 0 Å². The summed E-state index contributed by atoms with van der Waals surface area (Å²) in [5, 5.41) is 21.4. The van der Waals surface area contributed by atoms with Crippen LogP contribution in [0.3, 0.4) is 0 Å². The zero-order valence-corrected chi connectivity index (χ0v) is 29.9. The highest BCUT2D eigenvalue weighted by Crippen LogP contribution is 2.50. The second kappa shape index (κ2) is 14.2. The number of hydrogen-bond acceptors (Lipinski definition) is 10. The normalized spacial score (nSPS) is 62.3. The predicted molar refractivity (Wildman–Crippen MR) is 171 cm³/mol. The minimum Gasteiger partial charge on any atom is -0.286 e.